The Kier molecular flexibility index (Phi) is 2.91. The third-order valence-electron chi connectivity index (χ3n) is 2.85. The van der Waals surface area contributed by atoms with Crippen molar-refractivity contribution in [1.82, 2.24) is 9.38 Å². The number of aryl methyl sites for hydroxylation is 1. The van der Waals surface area contributed by atoms with E-state index < -0.39 is 0 Å². The van der Waals surface area contributed by atoms with Gasteiger partial charge in [0.15, 0.2) is 0 Å². The van der Waals surface area contributed by atoms with Gasteiger partial charge in [-0.05, 0) is 25.0 Å². The molecule has 3 nitrogen and oxygen atoms in total. The van der Waals surface area contributed by atoms with E-state index in [0.29, 0.717) is 11.1 Å². The standard InChI is InChI=1S/C12H16ClN3/c1-7(2)11(14)12-8(3)15-10-6-4-5-9(13)16(10)12/h4-7,11H,14H2,1-3H3. The first kappa shape index (κ1) is 11.4. The van der Waals surface area contributed by atoms with Crippen molar-refractivity contribution < 1.29 is 0 Å². The largest absolute Gasteiger partial charge is 0.322 e. The highest BCUT2D eigenvalue weighted by atomic mass is 35.5. The molecule has 0 aliphatic rings. The molecule has 0 saturated carbocycles. The molecule has 4 heteroatoms. The van der Waals surface area contributed by atoms with Crippen LogP contribution in [0.4, 0.5) is 0 Å². The van der Waals surface area contributed by atoms with Crippen LogP contribution in [0.25, 0.3) is 5.65 Å². The smallest absolute Gasteiger partial charge is 0.138 e. The monoisotopic (exact) mass is 237 g/mol. The molecule has 1 atom stereocenters. The van der Waals surface area contributed by atoms with Crippen LogP contribution in [0.2, 0.25) is 5.15 Å². The number of pyridine rings is 1. The maximum atomic E-state index is 6.20. The van der Waals surface area contributed by atoms with Gasteiger partial charge < -0.3 is 5.73 Å². The molecule has 0 fully saturated rings. The Labute approximate surface area is 100 Å². The average molecular weight is 238 g/mol. The first-order valence-corrected chi connectivity index (χ1v) is 5.79. The zero-order valence-electron chi connectivity index (χ0n) is 9.74. The molecule has 1 unspecified atom stereocenters. The molecule has 0 amide bonds. The molecule has 0 aliphatic heterocycles. The van der Waals surface area contributed by atoms with Crippen molar-refractivity contribution in [2.45, 2.75) is 26.8 Å². The number of fused-ring (bicyclic) bond motifs is 1. The summed E-state index contributed by atoms with van der Waals surface area (Å²) in [6.07, 6.45) is 0. The lowest BCUT2D eigenvalue weighted by molar-refractivity contribution is 0.498. The maximum Gasteiger partial charge on any atom is 0.138 e. The van der Waals surface area contributed by atoms with Crippen LogP contribution < -0.4 is 5.73 Å². The van der Waals surface area contributed by atoms with Gasteiger partial charge >= 0.3 is 0 Å². The molecule has 2 aromatic heterocycles. The van der Waals surface area contributed by atoms with Gasteiger partial charge in [-0.3, -0.25) is 4.40 Å². The zero-order chi connectivity index (χ0) is 11.9. The Balaban J connectivity index is 2.72. The van der Waals surface area contributed by atoms with Crippen molar-refractivity contribution in [3.8, 4) is 0 Å². The van der Waals surface area contributed by atoms with Gasteiger partial charge in [0, 0.05) is 6.04 Å². The maximum absolute atomic E-state index is 6.20. The van der Waals surface area contributed by atoms with E-state index in [4.69, 9.17) is 17.3 Å². The summed E-state index contributed by atoms with van der Waals surface area (Å²) in [6, 6.07) is 5.64. The summed E-state index contributed by atoms with van der Waals surface area (Å²) in [7, 11) is 0. The third-order valence-corrected chi connectivity index (χ3v) is 3.14. The summed E-state index contributed by atoms with van der Waals surface area (Å²) in [6.45, 7) is 6.17. The van der Waals surface area contributed by atoms with Crippen LogP contribution in [0.5, 0.6) is 0 Å². The molecule has 0 aliphatic carbocycles. The summed E-state index contributed by atoms with van der Waals surface area (Å²) >= 11 is 6.19. The normalized spacial score (nSPS) is 13.6. The Morgan fingerprint density at radius 1 is 1.38 bits per heavy atom. The van der Waals surface area contributed by atoms with Gasteiger partial charge in [-0.2, -0.15) is 0 Å². The minimum absolute atomic E-state index is 0.0464. The van der Waals surface area contributed by atoms with Gasteiger partial charge in [-0.1, -0.05) is 31.5 Å². The van der Waals surface area contributed by atoms with E-state index in [9.17, 15) is 0 Å². The van der Waals surface area contributed by atoms with Gasteiger partial charge in [-0.15, -0.1) is 0 Å². The third kappa shape index (κ3) is 1.70. The number of hydrogen-bond acceptors (Lipinski definition) is 2. The summed E-state index contributed by atoms with van der Waals surface area (Å²) < 4.78 is 1.93. The van der Waals surface area contributed by atoms with Gasteiger partial charge in [0.1, 0.15) is 10.8 Å². The van der Waals surface area contributed by atoms with E-state index in [1.165, 1.54) is 0 Å². The van der Waals surface area contributed by atoms with Gasteiger partial charge in [0.2, 0.25) is 0 Å². The minimum atomic E-state index is -0.0464. The Bertz CT molecular complexity index is 516. The summed E-state index contributed by atoms with van der Waals surface area (Å²) in [5, 5.41) is 0.657. The fourth-order valence-corrected chi connectivity index (χ4v) is 2.15. The van der Waals surface area contributed by atoms with Crippen LogP contribution in [0.3, 0.4) is 0 Å². The molecule has 2 N–H and O–H groups in total. The lowest BCUT2D eigenvalue weighted by Gasteiger charge is -2.16. The number of aromatic nitrogens is 2. The van der Waals surface area contributed by atoms with Crippen molar-refractivity contribution in [1.29, 1.82) is 0 Å². The molecule has 86 valence electrons. The molecule has 2 aromatic rings. The number of nitrogens with zero attached hydrogens (tertiary/aromatic N) is 2. The second-order valence-electron chi connectivity index (χ2n) is 4.39. The SMILES string of the molecule is Cc1nc2cccc(Cl)n2c1C(N)C(C)C. The number of imidazole rings is 1. The highest BCUT2D eigenvalue weighted by molar-refractivity contribution is 6.29. The Morgan fingerprint density at radius 2 is 2.06 bits per heavy atom. The molecule has 0 radical (unpaired) electrons. The van der Waals surface area contributed by atoms with E-state index in [-0.39, 0.29) is 6.04 Å². The number of nitrogens with two attached hydrogens (primary N) is 1. The van der Waals surface area contributed by atoms with Crippen molar-refractivity contribution in [3.05, 3.63) is 34.7 Å². The molecule has 0 aromatic carbocycles. The average Bonchev–Trinajstić information content (AvgIpc) is 2.54. The van der Waals surface area contributed by atoms with Crippen molar-refractivity contribution >= 4 is 17.2 Å². The minimum Gasteiger partial charge on any atom is -0.322 e. The van der Waals surface area contributed by atoms with Crippen molar-refractivity contribution in [2.75, 3.05) is 0 Å². The first-order chi connectivity index (χ1) is 7.52. The zero-order valence-corrected chi connectivity index (χ0v) is 10.5. The van der Waals surface area contributed by atoms with Crippen LogP contribution in [-0.4, -0.2) is 9.38 Å². The molecule has 2 heterocycles. The highest BCUT2D eigenvalue weighted by Gasteiger charge is 2.19. The van der Waals surface area contributed by atoms with Crippen LogP contribution in [-0.2, 0) is 0 Å². The molecule has 0 saturated heterocycles. The fraction of sp³-hybridized carbons (Fsp3) is 0.417. The first-order valence-electron chi connectivity index (χ1n) is 5.41. The quantitative estimate of drug-likeness (QED) is 0.817. The highest BCUT2D eigenvalue weighted by Crippen LogP contribution is 2.26. The van der Waals surface area contributed by atoms with E-state index in [1.807, 2.05) is 29.5 Å². The Hall–Kier alpha value is -1.06. The van der Waals surface area contributed by atoms with Gasteiger partial charge in [0.05, 0.1) is 11.4 Å². The van der Waals surface area contributed by atoms with E-state index >= 15 is 0 Å². The summed E-state index contributed by atoms with van der Waals surface area (Å²) in [5.74, 6) is 0.356. The number of halogens is 1. The predicted molar refractivity (Wildman–Crippen MR) is 66.7 cm³/mol. The molecule has 0 spiro atoms. The predicted octanol–water partition coefficient (Wildman–Crippen LogP) is 2.95. The lowest BCUT2D eigenvalue weighted by atomic mass is 10.0. The Morgan fingerprint density at radius 3 is 2.69 bits per heavy atom. The van der Waals surface area contributed by atoms with E-state index in [2.05, 4.69) is 18.8 Å². The molecular weight excluding hydrogens is 222 g/mol. The van der Waals surface area contributed by atoms with E-state index in [0.717, 1.165) is 17.0 Å². The van der Waals surface area contributed by atoms with Crippen LogP contribution in [0, 0.1) is 12.8 Å². The van der Waals surface area contributed by atoms with Crippen LogP contribution in [0.1, 0.15) is 31.3 Å². The van der Waals surface area contributed by atoms with Crippen LogP contribution >= 0.6 is 11.6 Å². The second kappa shape index (κ2) is 4.07. The van der Waals surface area contributed by atoms with Crippen LogP contribution in [0.15, 0.2) is 18.2 Å². The fourth-order valence-electron chi connectivity index (χ4n) is 1.89. The summed E-state index contributed by atoms with van der Waals surface area (Å²) in [5.41, 5.74) is 9.02. The topological polar surface area (TPSA) is 43.3 Å². The summed E-state index contributed by atoms with van der Waals surface area (Å²) in [4.78, 5) is 4.48. The molecular formula is C12H16ClN3. The number of hydrogen-bond donors (Lipinski definition) is 1. The lowest BCUT2D eigenvalue weighted by Crippen LogP contribution is -2.19. The molecule has 2 rings (SSSR count). The molecule has 0 bridgehead atoms. The van der Waals surface area contributed by atoms with Gasteiger partial charge in [0.25, 0.3) is 0 Å². The molecule has 16 heavy (non-hydrogen) atoms. The van der Waals surface area contributed by atoms with E-state index in [1.54, 1.807) is 0 Å². The second-order valence-corrected chi connectivity index (χ2v) is 4.78. The van der Waals surface area contributed by atoms with Crippen molar-refractivity contribution in [2.24, 2.45) is 11.7 Å². The number of rotatable bonds is 2. The van der Waals surface area contributed by atoms with Gasteiger partial charge in [-0.25, -0.2) is 4.98 Å². The van der Waals surface area contributed by atoms with Crippen molar-refractivity contribution in [3.63, 3.8) is 0 Å².